The van der Waals surface area contributed by atoms with Crippen molar-refractivity contribution >= 4 is 5.65 Å². The van der Waals surface area contributed by atoms with Gasteiger partial charge in [0.25, 0.3) is 0 Å². The van der Waals surface area contributed by atoms with Gasteiger partial charge in [-0.3, -0.25) is 0 Å². The first-order valence-electron chi connectivity index (χ1n) is 5.35. The highest BCUT2D eigenvalue weighted by atomic mass is 16.3. The minimum atomic E-state index is -0.303. The van der Waals surface area contributed by atoms with E-state index in [4.69, 9.17) is 0 Å². The summed E-state index contributed by atoms with van der Waals surface area (Å²) in [5, 5.41) is 9.77. The first-order valence-corrected chi connectivity index (χ1v) is 5.35. The lowest BCUT2D eigenvalue weighted by Crippen LogP contribution is -2.22. The Morgan fingerprint density at radius 2 is 2.27 bits per heavy atom. The van der Waals surface area contributed by atoms with Crippen LogP contribution in [0.4, 0.5) is 0 Å². The fraction of sp³-hybridized carbons (Fsp3) is 0.417. The Morgan fingerprint density at radius 1 is 1.47 bits per heavy atom. The molecule has 3 heteroatoms. The summed E-state index contributed by atoms with van der Waals surface area (Å²) in [6.07, 6.45) is 5.82. The van der Waals surface area contributed by atoms with Crippen molar-refractivity contribution in [2.24, 2.45) is 0 Å². The predicted molar refractivity (Wildman–Crippen MR) is 57.8 cm³/mol. The van der Waals surface area contributed by atoms with Crippen LogP contribution in [0.25, 0.3) is 5.65 Å². The molecule has 0 saturated heterocycles. The van der Waals surface area contributed by atoms with E-state index in [-0.39, 0.29) is 11.5 Å². The monoisotopic (exact) mass is 202 g/mol. The van der Waals surface area contributed by atoms with Crippen molar-refractivity contribution in [3.8, 4) is 0 Å². The van der Waals surface area contributed by atoms with Gasteiger partial charge in [-0.05, 0) is 31.9 Å². The van der Waals surface area contributed by atoms with Crippen LogP contribution in [0.15, 0.2) is 30.6 Å². The summed E-state index contributed by atoms with van der Waals surface area (Å²) in [5.74, 6) is 0. The number of hydrogen-bond acceptors (Lipinski definition) is 2. The summed E-state index contributed by atoms with van der Waals surface area (Å²) in [7, 11) is 0. The highest BCUT2D eigenvalue weighted by Crippen LogP contribution is 2.50. The molecule has 1 saturated carbocycles. The number of fused-ring (bicyclic) bond motifs is 1. The second-order valence-corrected chi connectivity index (χ2v) is 4.42. The van der Waals surface area contributed by atoms with Gasteiger partial charge in [0.05, 0.1) is 11.8 Å². The largest absolute Gasteiger partial charge is 0.392 e. The Kier molecular flexibility index (Phi) is 1.68. The maximum absolute atomic E-state index is 9.77. The maximum Gasteiger partial charge on any atom is 0.136 e. The van der Waals surface area contributed by atoms with Crippen molar-refractivity contribution in [2.45, 2.75) is 31.3 Å². The van der Waals surface area contributed by atoms with E-state index in [1.165, 1.54) is 0 Å². The zero-order chi connectivity index (χ0) is 10.5. The van der Waals surface area contributed by atoms with E-state index in [9.17, 15) is 5.11 Å². The van der Waals surface area contributed by atoms with Crippen LogP contribution in [0, 0.1) is 0 Å². The van der Waals surface area contributed by atoms with E-state index in [1.807, 2.05) is 41.9 Å². The van der Waals surface area contributed by atoms with E-state index in [1.54, 1.807) is 0 Å². The van der Waals surface area contributed by atoms with Crippen LogP contribution < -0.4 is 0 Å². The van der Waals surface area contributed by atoms with Crippen molar-refractivity contribution in [1.29, 1.82) is 0 Å². The van der Waals surface area contributed by atoms with Crippen molar-refractivity contribution in [3.63, 3.8) is 0 Å². The van der Waals surface area contributed by atoms with Gasteiger partial charge in [0.2, 0.25) is 0 Å². The zero-order valence-corrected chi connectivity index (χ0v) is 8.72. The molecule has 0 amide bonds. The van der Waals surface area contributed by atoms with Crippen LogP contribution in [0.5, 0.6) is 0 Å². The number of aliphatic hydroxyl groups is 1. The Morgan fingerprint density at radius 3 is 2.87 bits per heavy atom. The predicted octanol–water partition coefficient (Wildman–Crippen LogP) is 1.75. The number of nitrogens with zero attached hydrogens (tertiary/aromatic N) is 2. The van der Waals surface area contributed by atoms with Crippen LogP contribution in [0.1, 0.15) is 25.5 Å². The van der Waals surface area contributed by atoms with E-state index in [2.05, 4.69) is 4.98 Å². The molecule has 1 aliphatic rings. The van der Waals surface area contributed by atoms with Crippen molar-refractivity contribution < 1.29 is 5.11 Å². The smallest absolute Gasteiger partial charge is 0.136 e. The standard InChI is InChI=1S/C12H14N2O/c1-9(15)12(5-6-12)10-8-14-7-3-2-4-11(14)13-10/h2-4,7-9,15H,5-6H2,1H3. The SMILES string of the molecule is CC(O)C1(c2cn3ccccc3n2)CC1. The third-order valence-corrected chi connectivity index (χ3v) is 3.46. The second kappa shape index (κ2) is 2.83. The van der Waals surface area contributed by atoms with Gasteiger partial charge >= 0.3 is 0 Å². The van der Waals surface area contributed by atoms with Gasteiger partial charge in [-0.15, -0.1) is 0 Å². The molecule has 1 aliphatic carbocycles. The van der Waals surface area contributed by atoms with Gasteiger partial charge in [0, 0.05) is 17.8 Å². The fourth-order valence-corrected chi connectivity index (χ4v) is 2.20. The number of imidazole rings is 1. The summed E-state index contributed by atoms with van der Waals surface area (Å²) >= 11 is 0. The molecule has 1 fully saturated rings. The lowest BCUT2D eigenvalue weighted by atomic mass is 9.97. The summed E-state index contributed by atoms with van der Waals surface area (Å²) < 4.78 is 2.01. The normalized spacial score (nSPS) is 20.4. The molecule has 1 unspecified atom stereocenters. The van der Waals surface area contributed by atoms with Gasteiger partial charge < -0.3 is 9.51 Å². The minimum absolute atomic E-state index is 0.0635. The molecule has 0 aliphatic heterocycles. The second-order valence-electron chi connectivity index (χ2n) is 4.42. The highest BCUT2D eigenvalue weighted by Gasteiger charge is 2.50. The van der Waals surface area contributed by atoms with Gasteiger partial charge in [-0.1, -0.05) is 6.07 Å². The molecule has 15 heavy (non-hydrogen) atoms. The molecule has 1 atom stereocenters. The zero-order valence-electron chi connectivity index (χ0n) is 8.72. The van der Waals surface area contributed by atoms with Crippen molar-refractivity contribution in [2.75, 3.05) is 0 Å². The lowest BCUT2D eigenvalue weighted by Gasteiger charge is -2.15. The van der Waals surface area contributed by atoms with Crippen LogP contribution in [0.3, 0.4) is 0 Å². The molecule has 1 N–H and O–H groups in total. The molecule has 0 aromatic carbocycles. The van der Waals surface area contributed by atoms with Gasteiger partial charge in [0.1, 0.15) is 5.65 Å². The molecule has 3 nitrogen and oxygen atoms in total. The molecule has 0 radical (unpaired) electrons. The average Bonchev–Trinajstić information content (AvgIpc) is 2.93. The molecule has 0 spiro atoms. The van der Waals surface area contributed by atoms with Crippen molar-refractivity contribution in [3.05, 3.63) is 36.3 Å². The first kappa shape index (κ1) is 8.92. The van der Waals surface area contributed by atoms with Crippen LogP contribution in [-0.4, -0.2) is 20.6 Å². The average molecular weight is 202 g/mol. The number of aromatic nitrogens is 2. The maximum atomic E-state index is 9.77. The molecule has 3 rings (SSSR count). The summed E-state index contributed by atoms with van der Waals surface area (Å²) in [6, 6.07) is 5.95. The van der Waals surface area contributed by atoms with Gasteiger partial charge in [-0.25, -0.2) is 4.98 Å². The first-order chi connectivity index (χ1) is 7.22. The van der Waals surface area contributed by atoms with E-state index in [0.29, 0.717) is 0 Å². The highest BCUT2D eigenvalue weighted by molar-refractivity contribution is 5.42. The number of hydrogen-bond donors (Lipinski definition) is 1. The Bertz CT molecular complexity index is 464. The van der Waals surface area contributed by atoms with Crippen molar-refractivity contribution in [1.82, 2.24) is 9.38 Å². The molecule has 2 aromatic heterocycles. The quantitative estimate of drug-likeness (QED) is 0.805. The van der Waals surface area contributed by atoms with Gasteiger partial charge in [-0.2, -0.15) is 0 Å². The Hall–Kier alpha value is -1.35. The van der Waals surface area contributed by atoms with Crippen LogP contribution >= 0.6 is 0 Å². The fourth-order valence-electron chi connectivity index (χ4n) is 2.20. The third-order valence-electron chi connectivity index (χ3n) is 3.46. The summed E-state index contributed by atoms with van der Waals surface area (Å²) in [5.41, 5.74) is 1.93. The Balaban J connectivity index is 2.13. The van der Waals surface area contributed by atoms with E-state index >= 15 is 0 Å². The summed E-state index contributed by atoms with van der Waals surface area (Å²) in [6.45, 7) is 1.86. The molecule has 2 heterocycles. The lowest BCUT2D eigenvalue weighted by molar-refractivity contribution is 0.149. The van der Waals surface area contributed by atoms with Gasteiger partial charge in [0.15, 0.2) is 0 Å². The Labute approximate surface area is 88.4 Å². The van der Waals surface area contributed by atoms with Crippen LogP contribution in [-0.2, 0) is 5.41 Å². The van der Waals surface area contributed by atoms with E-state index in [0.717, 1.165) is 24.2 Å². The molecule has 78 valence electrons. The number of aliphatic hydroxyl groups excluding tert-OH is 1. The topological polar surface area (TPSA) is 37.5 Å². The van der Waals surface area contributed by atoms with E-state index < -0.39 is 0 Å². The molecule has 2 aromatic rings. The molecular weight excluding hydrogens is 188 g/mol. The molecule has 0 bridgehead atoms. The number of rotatable bonds is 2. The third kappa shape index (κ3) is 1.20. The minimum Gasteiger partial charge on any atom is -0.392 e. The summed E-state index contributed by atoms with van der Waals surface area (Å²) in [4.78, 5) is 4.57. The molecular formula is C12H14N2O. The number of pyridine rings is 1. The van der Waals surface area contributed by atoms with Crippen LogP contribution in [0.2, 0.25) is 0 Å².